The Hall–Kier alpha value is -3.11. The predicted octanol–water partition coefficient (Wildman–Crippen LogP) is 3.20. The van der Waals surface area contributed by atoms with Crippen LogP contribution in [-0.2, 0) is 13.1 Å². The Balaban J connectivity index is 1.59. The van der Waals surface area contributed by atoms with Crippen molar-refractivity contribution in [3.63, 3.8) is 0 Å². The maximum absolute atomic E-state index is 12.2. The Morgan fingerprint density at radius 1 is 1.23 bits per heavy atom. The van der Waals surface area contributed by atoms with Crippen LogP contribution in [0.5, 0.6) is 5.75 Å². The lowest BCUT2D eigenvalue weighted by atomic mass is 10.1. The molecule has 0 aliphatic carbocycles. The van der Waals surface area contributed by atoms with E-state index in [1.165, 1.54) is 30.5 Å². The van der Waals surface area contributed by atoms with Crippen molar-refractivity contribution in [1.82, 2.24) is 20.1 Å². The summed E-state index contributed by atoms with van der Waals surface area (Å²) in [5.74, 6) is 0.170. The monoisotopic (exact) mass is 421 g/mol. The SMILES string of the molecule is Cc1cc(N)nc(C)c1CNC(O)c1cnn(Cc2ccc(OC(F)(F)F)cc2)c1. The van der Waals surface area contributed by atoms with E-state index in [4.69, 9.17) is 5.73 Å². The lowest BCUT2D eigenvalue weighted by molar-refractivity contribution is -0.274. The van der Waals surface area contributed by atoms with E-state index >= 15 is 0 Å². The van der Waals surface area contributed by atoms with Crippen LogP contribution in [0.1, 0.15) is 34.2 Å². The molecule has 160 valence electrons. The number of halogens is 3. The number of aliphatic hydroxyl groups excluding tert-OH is 1. The second-order valence-electron chi connectivity index (χ2n) is 6.87. The second kappa shape index (κ2) is 8.72. The number of aliphatic hydroxyl groups is 1. The van der Waals surface area contributed by atoms with Crippen LogP contribution in [0.2, 0.25) is 0 Å². The van der Waals surface area contributed by atoms with Crippen LogP contribution in [0.4, 0.5) is 19.0 Å². The van der Waals surface area contributed by atoms with Crippen molar-refractivity contribution in [2.45, 2.75) is 39.5 Å². The highest BCUT2D eigenvalue weighted by atomic mass is 19.4. The Bertz CT molecular complexity index is 979. The number of rotatable bonds is 7. The number of nitrogen functional groups attached to an aromatic ring is 1. The van der Waals surface area contributed by atoms with Gasteiger partial charge in [-0.1, -0.05) is 12.1 Å². The summed E-state index contributed by atoms with van der Waals surface area (Å²) in [7, 11) is 0. The Morgan fingerprint density at radius 3 is 2.57 bits per heavy atom. The number of ether oxygens (including phenoxy) is 1. The molecule has 3 rings (SSSR count). The fraction of sp³-hybridized carbons (Fsp3) is 0.300. The minimum Gasteiger partial charge on any atom is -0.406 e. The number of pyridine rings is 1. The minimum absolute atomic E-state index is 0.283. The summed E-state index contributed by atoms with van der Waals surface area (Å²) in [5, 5.41) is 17.6. The zero-order valence-corrected chi connectivity index (χ0v) is 16.4. The van der Waals surface area contributed by atoms with Gasteiger partial charge in [0.15, 0.2) is 0 Å². The summed E-state index contributed by atoms with van der Waals surface area (Å²) >= 11 is 0. The fourth-order valence-electron chi connectivity index (χ4n) is 3.06. The molecule has 10 heteroatoms. The van der Waals surface area contributed by atoms with Crippen molar-refractivity contribution in [3.8, 4) is 5.75 Å². The van der Waals surface area contributed by atoms with E-state index < -0.39 is 12.6 Å². The Kier molecular flexibility index (Phi) is 6.28. The molecule has 7 nitrogen and oxygen atoms in total. The second-order valence-corrected chi connectivity index (χ2v) is 6.87. The van der Waals surface area contributed by atoms with Gasteiger partial charge in [-0.2, -0.15) is 5.10 Å². The van der Waals surface area contributed by atoms with E-state index in [-0.39, 0.29) is 5.75 Å². The maximum atomic E-state index is 12.2. The molecule has 1 aromatic carbocycles. The molecular weight excluding hydrogens is 399 g/mol. The van der Waals surface area contributed by atoms with Gasteiger partial charge in [0.05, 0.1) is 12.7 Å². The molecule has 0 radical (unpaired) electrons. The molecule has 0 spiro atoms. The van der Waals surface area contributed by atoms with Gasteiger partial charge in [-0.3, -0.25) is 10.00 Å². The molecule has 3 aromatic rings. The molecule has 2 heterocycles. The minimum atomic E-state index is -4.72. The van der Waals surface area contributed by atoms with Gasteiger partial charge < -0.3 is 15.6 Å². The van der Waals surface area contributed by atoms with Gasteiger partial charge in [0.25, 0.3) is 0 Å². The van der Waals surface area contributed by atoms with Crippen LogP contribution in [-0.4, -0.2) is 26.2 Å². The molecule has 0 amide bonds. The lowest BCUT2D eigenvalue weighted by Crippen LogP contribution is -2.21. The molecule has 0 aliphatic heterocycles. The van der Waals surface area contributed by atoms with Crippen molar-refractivity contribution < 1.29 is 23.0 Å². The van der Waals surface area contributed by atoms with E-state index in [9.17, 15) is 18.3 Å². The first-order chi connectivity index (χ1) is 14.1. The molecule has 2 aromatic heterocycles. The number of benzene rings is 1. The molecule has 0 saturated carbocycles. The first kappa shape index (κ1) is 21.6. The fourth-order valence-corrected chi connectivity index (χ4v) is 3.06. The van der Waals surface area contributed by atoms with E-state index in [0.29, 0.717) is 24.5 Å². The highest BCUT2D eigenvalue weighted by molar-refractivity contribution is 5.40. The molecule has 1 unspecified atom stereocenters. The molecule has 4 N–H and O–H groups in total. The number of nitrogens with one attached hydrogen (secondary N) is 1. The molecule has 1 atom stereocenters. The lowest BCUT2D eigenvalue weighted by Gasteiger charge is -2.14. The maximum Gasteiger partial charge on any atom is 0.573 e. The number of anilines is 1. The standard InChI is InChI=1S/C20H22F3N5O2/c1-12-7-18(24)27-13(2)17(12)9-25-19(29)15-8-26-28(11-15)10-14-3-5-16(6-4-14)30-20(21,22)23/h3-8,11,19,25,29H,9-10H2,1-2H3,(H2,24,27). The third-order valence-electron chi connectivity index (χ3n) is 4.52. The molecule has 0 aliphatic rings. The third kappa shape index (κ3) is 5.71. The molecule has 30 heavy (non-hydrogen) atoms. The van der Waals surface area contributed by atoms with Crippen molar-refractivity contribution in [1.29, 1.82) is 0 Å². The Labute approximate surface area is 171 Å². The normalized spacial score (nSPS) is 12.7. The molecule has 0 bridgehead atoms. The number of hydrogen-bond acceptors (Lipinski definition) is 6. The van der Waals surface area contributed by atoms with Gasteiger partial charge in [-0.15, -0.1) is 13.2 Å². The van der Waals surface area contributed by atoms with Crippen LogP contribution in [0, 0.1) is 13.8 Å². The number of aromatic nitrogens is 3. The summed E-state index contributed by atoms with van der Waals surface area (Å²) in [6, 6.07) is 7.32. The summed E-state index contributed by atoms with van der Waals surface area (Å²) in [6.45, 7) is 4.52. The van der Waals surface area contributed by atoms with Gasteiger partial charge in [0, 0.05) is 24.0 Å². The molecular formula is C20H22F3N5O2. The number of alkyl halides is 3. The summed E-state index contributed by atoms with van der Waals surface area (Å²) < 4.78 is 42.1. The van der Waals surface area contributed by atoms with Crippen LogP contribution in [0.15, 0.2) is 42.7 Å². The van der Waals surface area contributed by atoms with Gasteiger partial charge in [0.1, 0.15) is 17.8 Å². The summed E-state index contributed by atoms with van der Waals surface area (Å²) in [5.41, 5.74) is 9.75. The first-order valence-corrected chi connectivity index (χ1v) is 9.12. The van der Waals surface area contributed by atoms with Crippen molar-refractivity contribution in [2.24, 2.45) is 0 Å². The van der Waals surface area contributed by atoms with Crippen LogP contribution in [0.3, 0.4) is 0 Å². The number of aryl methyl sites for hydroxylation is 2. The smallest absolute Gasteiger partial charge is 0.406 e. The number of nitrogens with two attached hydrogens (primary N) is 1. The van der Waals surface area contributed by atoms with Gasteiger partial charge in [-0.25, -0.2) is 4.98 Å². The highest BCUT2D eigenvalue weighted by Gasteiger charge is 2.30. The zero-order chi connectivity index (χ0) is 21.9. The quantitative estimate of drug-likeness (QED) is 0.507. The van der Waals surface area contributed by atoms with Crippen molar-refractivity contribution in [3.05, 3.63) is 70.7 Å². The first-order valence-electron chi connectivity index (χ1n) is 9.12. The third-order valence-corrected chi connectivity index (χ3v) is 4.52. The summed E-state index contributed by atoms with van der Waals surface area (Å²) in [4.78, 5) is 4.23. The number of nitrogens with zero attached hydrogens (tertiary/aromatic N) is 3. The van der Waals surface area contributed by atoms with Crippen molar-refractivity contribution in [2.75, 3.05) is 5.73 Å². The average molecular weight is 421 g/mol. The molecule has 0 saturated heterocycles. The topological polar surface area (TPSA) is 98.2 Å². The van der Waals surface area contributed by atoms with Gasteiger partial charge >= 0.3 is 6.36 Å². The van der Waals surface area contributed by atoms with Crippen LogP contribution in [0.25, 0.3) is 0 Å². The van der Waals surface area contributed by atoms with Crippen LogP contribution >= 0.6 is 0 Å². The van der Waals surface area contributed by atoms with Crippen molar-refractivity contribution >= 4 is 5.82 Å². The van der Waals surface area contributed by atoms with E-state index in [0.717, 1.165) is 22.4 Å². The largest absolute Gasteiger partial charge is 0.573 e. The van der Waals surface area contributed by atoms with Gasteiger partial charge in [0.2, 0.25) is 0 Å². The van der Waals surface area contributed by atoms with E-state index in [1.54, 1.807) is 16.9 Å². The molecule has 0 fully saturated rings. The Morgan fingerprint density at radius 2 is 1.93 bits per heavy atom. The predicted molar refractivity (Wildman–Crippen MR) is 104 cm³/mol. The van der Waals surface area contributed by atoms with Gasteiger partial charge in [-0.05, 0) is 48.7 Å². The summed E-state index contributed by atoms with van der Waals surface area (Å²) in [6.07, 6.45) is -2.47. The average Bonchev–Trinajstić information content (AvgIpc) is 3.09. The zero-order valence-electron chi connectivity index (χ0n) is 16.4. The highest BCUT2D eigenvalue weighted by Crippen LogP contribution is 2.23. The van der Waals surface area contributed by atoms with E-state index in [1.807, 2.05) is 13.8 Å². The van der Waals surface area contributed by atoms with E-state index in [2.05, 4.69) is 20.1 Å². The number of hydrogen-bond donors (Lipinski definition) is 3. The van der Waals surface area contributed by atoms with Crippen LogP contribution < -0.4 is 15.8 Å².